The molecule has 1 aromatic heterocycles. The number of rotatable bonds is 6. The van der Waals surface area contributed by atoms with Crippen LogP contribution in [-0.2, 0) is 9.59 Å². The molecular formula is C12H17N5O3S. The van der Waals surface area contributed by atoms with Crippen molar-refractivity contribution in [1.29, 1.82) is 0 Å². The summed E-state index contributed by atoms with van der Waals surface area (Å²) >= 11 is 1.32. The zero-order valence-corrected chi connectivity index (χ0v) is 12.3. The fourth-order valence-electron chi connectivity index (χ4n) is 2.57. The minimum atomic E-state index is -0.773. The number of amides is 1. The van der Waals surface area contributed by atoms with Gasteiger partial charge in [0.25, 0.3) is 0 Å². The Balaban J connectivity index is 1.44. The third-order valence-electron chi connectivity index (χ3n) is 3.83. The molecule has 0 aliphatic heterocycles. The van der Waals surface area contributed by atoms with E-state index in [1.165, 1.54) is 11.8 Å². The van der Waals surface area contributed by atoms with E-state index in [0.29, 0.717) is 24.0 Å². The molecular weight excluding hydrogens is 294 g/mol. The smallest absolute Gasteiger partial charge is 0.306 e. The first-order valence-electron chi connectivity index (χ1n) is 7.06. The number of hydrogen-bond acceptors (Lipinski definition) is 6. The van der Waals surface area contributed by atoms with E-state index in [1.54, 1.807) is 4.68 Å². The van der Waals surface area contributed by atoms with Crippen LogP contribution in [0, 0.1) is 5.92 Å². The van der Waals surface area contributed by atoms with E-state index in [9.17, 15) is 9.59 Å². The van der Waals surface area contributed by atoms with Crippen molar-refractivity contribution in [2.24, 2.45) is 5.92 Å². The number of nitrogens with one attached hydrogen (secondary N) is 1. The van der Waals surface area contributed by atoms with Gasteiger partial charge >= 0.3 is 5.97 Å². The average molecular weight is 311 g/mol. The molecule has 0 bridgehead atoms. The van der Waals surface area contributed by atoms with Crippen molar-refractivity contribution in [3.05, 3.63) is 0 Å². The van der Waals surface area contributed by atoms with Gasteiger partial charge in [0.05, 0.1) is 17.7 Å². The first kappa shape index (κ1) is 14.3. The Morgan fingerprint density at radius 3 is 2.81 bits per heavy atom. The van der Waals surface area contributed by atoms with Crippen molar-refractivity contribution in [2.75, 3.05) is 5.75 Å². The summed E-state index contributed by atoms with van der Waals surface area (Å²) in [4.78, 5) is 22.8. The molecule has 21 heavy (non-hydrogen) atoms. The van der Waals surface area contributed by atoms with E-state index in [1.807, 2.05) is 0 Å². The highest BCUT2D eigenvalue weighted by molar-refractivity contribution is 7.99. The molecule has 114 valence electrons. The summed E-state index contributed by atoms with van der Waals surface area (Å²) in [5.74, 6) is -0.947. The van der Waals surface area contributed by atoms with Gasteiger partial charge in [0.2, 0.25) is 11.1 Å². The fourth-order valence-corrected chi connectivity index (χ4v) is 3.32. The van der Waals surface area contributed by atoms with Gasteiger partial charge in [0.1, 0.15) is 0 Å². The van der Waals surface area contributed by atoms with Gasteiger partial charge in [-0.05, 0) is 42.5 Å². The lowest BCUT2D eigenvalue weighted by molar-refractivity contribution is -0.141. The van der Waals surface area contributed by atoms with Crippen molar-refractivity contribution in [3.63, 3.8) is 0 Å². The molecule has 2 atom stereocenters. The molecule has 0 radical (unpaired) electrons. The molecule has 0 saturated heterocycles. The molecule has 9 heteroatoms. The summed E-state index contributed by atoms with van der Waals surface area (Å²) in [6.45, 7) is 0. The van der Waals surface area contributed by atoms with Crippen molar-refractivity contribution in [3.8, 4) is 0 Å². The molecule has 2 aliphatic rings. The van der Waals surface area contributed by atoms with Gasteiger partial charge in [-0.3, -0.25) is 9.59 Å². The average Bonchev–Trinajstić information content (AvgIpc) is 3.00. The molecule has 3 rings (SSSR count). The second-order valence-electron chi connectivity index (χ2n) is 5.54. The maximum absolute atomic E-state index is 11.9. The highest BCUT2D eigenvalue weighted by Gasteiger charge is 2.31. The summed E-state index contributed by atoms with van der Waals surface area (Å²) < 4.78 is 1.77. The topological polar surface area (TPSA) is 110 Å². The third kappa shape index (κ3) is 3.52. The molecule has 1 amide bonds. The fraction of sp³-hybridized carbons (Fsp3) is 0.750. The van der Waals surface area contributed by atoms with Crippen LogP contribution in [-0.4, -0.2) is 49.0 Å². The van der Waals surface area contributed by atoms with Crippen LogP contribution >= 0.6 is 11.8 Å². The SMILES string of the molecule is O=C(CSc1nnnn1C1CC1)N[C@H]1CC[C@@H](C(=O)O)C1. The molecule has 2 aliphatic carbocycles. The van der Waals surface area contributed by atoms with Gasteiger partial charge in [-0.1, -0.05) is 11.8 Å². The van der Waals surface area contributed by atoms with Crippen LogP contribution in [0.2, 0.25) is 0 Å². The molecule has 1 heterocycles. The normalized spacial score (nSPS) is 25.0. The summed E-state index contributed by atoms with van der Waals surface area (Å²) in [5.41, 5.74) is 0. The number of carbonyl (C=O) groups excluding carboxylic acids is 1. The number of carboxylic acids is 1. The standard InChI is InChI=1S/C12H17N5O3S/c18-10(13-8-2-1-7(5-8)11(19)20)6-21-12-14-15-16-17(12)9-3-4-9/h7-9H,1-6H2,(H,13,18)(H,19,20)/t7-,8+/m1/s1. The van der Waals surface area contributed by atoms with E-state index >= 15 is 0 Å². The minimum absolute atomic E-state index is 0.0290. The predicted molar refractivity (Wildman–Crippen MR) is 73.7 cm³/mol. The first-order chi connectivity index (χ1) is 10.1. The Hall–Kier alpha value is -1.64. The number of carbonyl (C=O) groups is 2. The Kier molecular flexibility index (Phi) is 4.09. The monoisotopic (exact) mass is 311 g/mol. The summed E-state index contributed by atoms with van der Waals surface area (Å²) in [6.07, 6.45) is 4.05. The van der Waals surface area contributed by atoms with Crippen LogP contribution in [0.4, 0.5) is 0 Å². The molecule has 0 unspecified atom stereocenters. The second kappa shape index (κ2) is 6.00. The Morgan fingerprint density at radius 1 is 1.33 bits per heavy atom. The number of carboxylic acid groups (broad SMARTS) is 1. The number of hydrogen-bond donors (Lipinski definition) is 2. The van der Waals surface area contributed by atoms with Crippen molar-refractivity contribution >= 4 is 23.6 Å². The van der Waals surface area contributed by atoms with E-state index in [2.05, 4.69) is 20.8 Å². The minimum Gasteiger partial charge on any atom is -0.481 e. The Morgan fingerprint density at radius 2 is 2.14 bits per heavy atom. The molecule has 0 spiro atoms. The van der Waals surface area contributed by atoms with Crippen LogP contribution in [0.1, 0.15) is 38.1 Å². The van der Waals surface area contributed by atoms with E-state index in [0.717, 1.165) is 19.3 Å². The third-order valence-corrected chi connectivity index (χ3v) is 4.77. The summed E-state index contributed by atoms with van der Waals surface area (Å²) in [7, 11) is 0. The quantitative estimate of drug-likeness (QED) is 0.735. The molecule has 0 aromatic carbocycles. The van der Waals surface area contributed by atoms with Gasteiger partial charge < -0.3 is 10.4 Å². The maximum atomic E-state index is 11.9. The lowest BCUT2D eigenvalue weighted by atomic mass is 10.1. The first-order valence-corrected chi connectivity index (χ1v) is 8.05. The number of thioether (sulfide) groups is 1. The Labute approximate surface area is 125 Å². The van der Waals surface area contributed by atoms with Crippen molar-refractivity contribution in [1.82, 2.24) is 25.5 Å². The largest absolute Gasteiger partial charge is 0.481 e. The number of aromatic nitrogens is 4. The van der Waals surface area contributed by atoms with Crippen LogP contribution < -0.4 is 5.32 Å². The van der Waals surface area contributed by atoms with Crippen molar-refractivity contribution < 1.29 is 14.7 Å². The molecule has 8 nitrogen and oxygen atoms in total. The van der Waals surface area contributed by atoms with Crippen LogP contribution in [0.5, 0.6) is 0 Å². The Bertz CT molecular complexity index is 545. The van der Waals surface area contributed by atoms with Crippen LogP contribution in [0.25, 0.3) is 0 Å². The highest BCUT2D eigenvalue weighted by atomic mass is 32.2. The number of aliphatic carboxylic acids is 1. The van der Waals surface area contributed by atoms with E-state index in [4.69, 9.17) is 5.11 Å². The molecule has 1 aromatic rings. The summed E-state index contributed by atoms with van der Waals surface area (Å²) in [5, 5.41) is 24.0. The van der Waals surface area contributed by atoms with Gasteiger partial charge in [-0.15, -0.1) is 5.10 Å². The van der Waals surface area contributed by atoms with Crippen LogP contribution in [0.15, 0.2) is 5.16 Å². The molecule has 2 saturated carbocycles. The number of tetrazole rings is 1. The van der Waals surface area contributed by atoms with Crippen molar-refractivity contribution in [2.45, 2.75) is 49.3 Å². The van der Waals surface area contributed by atoms with Gasteiger partial charge in [-0.2, -0.15) is 0 Å². The van der Waals surface area contributed by atoms with E-state index < -0.39 is 5.97 Å². The zero-order valence-electron chi connectivity index (χ0n) is 11.4. The van der Waals surface area contributed by atoms with Gasteiger partial charge in [-0.25, -0.2) is 4.68 Å². The predicted octanol–water partition coefficient (Wildman–Crippen LogP) is 0.470. The second-order valence-corrected chi connectivity index (χ2v) is 6.48. The van der Waals surface area contributed by atoms with Crippen LogP contribution in [0.3, 0.4) is 0 Å². The lowest BCUT2D eigenvalue weighted by Crippen LogP contribution is -2.34. The lowest BCUT2D eigenvalue weighted by Gasteiger charge is -2.12. The van der Waals surface area contributed by atoms with Gasteiger partial charge in [0.15, 0.2) is 0 Å². The maximum Gasteiger partial charge on any atom is 0.306 e. The zero-order chi connectivity index (χ0) is 14.8. The number of nitrogens with zero attached hydrogens (tertiary/aromatic N) is 4. The van der Waals surface area contributed by atoms with E-state index in [-0.39, 0.29) is 23.6 Å². The summed E-state index contributed by atoms with van der Waals surface area (Å²) in [6, 6.07) is 0.357. The van der Waals surface area contributed by atoms with Gasteiger partial charge in [0, 0.05) is 6.04 Å². The molecule has 2 fully saturated rings. The molecule has 2 N–H and O–H groups in total. The highest BCUT2D eigenvalue weighted by Crippen LogP contribution is 2.36.